The molecular weight excluding hydrogens is 238 g/mol. The van der Waals surface area contributed by atoms with Crippen molar-refractivity contribution in [2.75, 3.05) is 11.9 Å². The minimum Gasteiger partial charge on any atom is -0.346 e. The lowest BCUT2D eigenvalue weighted by molar-refractivity contribution is 0.0888. The Kier molecular flexibility index (Phi) is 2.52. The maximum atomic E-state index is 12.3. The van der Waals surface area contributed by atoms with Crippen LogP contribution in [-0.2, 0) is 5.66 Å². The van der Waals surface area contributed by atoms with Crippen LogP contribution in [0.4, 0.5) is 5.69 Å². The number of rotatable bonds is 1. The highest BCUT2D eigenvalue weighted by Crippen LogP contribution is 2.34. The van der Waals surface area contributed by atoms with Crippen molar-refractivity contribution in [1.29, 1.82) is 0 Å². The van der Waals surface area contributed by atoms with Crippen molar-refractivity contribution in [3.63, 3.8) is 0 Å². The van der Waals surface area contributed by atoms with Gasteiger partial charge in [0.15, 0.2) is 5.66 Å². The maximum Gasteiger partial charge on any atom is 0.255 e. The molecule has 1 unspecified atom stereocenters. The average molecular weight is 253 g/mol. The Balaban J connectivity index is 2.14. The molecule has 4 heteroatoms. The van der Waals surface area contributed by atoms with Gasteiger partial charge >= 0.3 is 0 Å². The fraction of sp³-hybridized carbons (Fsp3) is 0.200. The van der Waals surface area contributed by atoms with Gasteiger partial charge in [0.25, 0.3) is 5.91 Å². The van der Waals surface area contributed by atoms with Gasteiger partial charge in [0, 0.05) is 13.2 Å². The lowest BCUT2D eigenvalue weighted by Crippen LogP contribution is -2.58. The van der Waals surface area contributed by atoms with Gasteiger partial charge in [0.2, 0.25) is 0 Å². The van der Waals surface area contributed by atoms with E-state index < -0.39 is 5.66 Å². The van der Waals surface area contributed by atoms with Crippen molar-refractivity contribution >= 4 is 11.6 Å². The summed E-state index contributed by atoms with van der Waals surface area (Å²) in [5, 5.41) is 3.04. The summed E-state index contributed by atoms with van der Waals surface area (Å²) in [6.07, 6.45) is 1.74. The average Bonchev–Trinajstić information content (AvgIpc) is 2.46. The van der Waals surface area contributed by atoms with Gasteiger partial charge in [-0.2, -0.15) is 0 Å². The van der Waals surface area contributed by atoms with E-state index in [1.165, 1.54) is 0 Å². The number of nitrogens with one attached hydrogen (secondary N) is 1. The number of hydrogen-bond acceptors (Lipinski definition) is 3. The summed E-state index contributed by atoms with van der Waals surface area (Å²) in [5.41, 5.74) is 1.80. The number of para-hydroxylation sites is 1. The van der Waals surface area contributed by atoms with E-state index in [0.29, 0.717) is 5.56 Å². The molecule has 1 amide bonds. The molecule has 0 spiro atoms. The number of carbonyl (C=O) groups is 1. The van der Waals surface area contributed by atoms with E-state index >= 15 is 0 Å². The van der Waals surface area contributed by atoms with Gasteiger partial charge in [-0.1, -0.05) is 18.2 Å². The highest BCUT2D eigenvalue weighted by molar-refractivity contribution is 6.02. The zero-order valence-corrected chi connectivity index (χ0v) is 10.9. The molecule has 1 aromatic heterocycles. The number of carbonyl (C=O) groups excluding carboxylic acids is 1. The second-order valence-corrected chi connectivity index (χ2v) is 4.82. The summed E-state index contributed by atoms with van der Waals surface area (Å²) in [5.74, 6) is -0.0677. The molecule has 0 fully saturated rings. The normalized spacial score (nSPS) is 21.8. The van der Waals surface area contributed by atoms with Gasteiger partial charge in [0.1, 0.15) is 0 Å². The van der Waals surface area contributed by atoms with Crippen LogP contribution in [0.2, 0.25) is 0 Å². The largest absolute Gasteiger partial charge is 0.346 e. The van der Waals surface area contributed by atoms with Crippen molar-refractivity contribution in [2.24, 2.45) is 0 Å². The second-order valence-electron chi connectivity index (χ2n) is 4.82. The fourth-order valence-electron chi connectivity index (χ4n) is 2.46. The highest BCUT2D eigenvalue weighted by atomic mass is 16.2. The van der Waals surface area contributed by atoms with Gasteiger partial charge in [-0.15, -0.1) is 0 Å². The number of nitrogens with zero attached hydrogens (tertiary/aromatic N) is 2. The fourth-order valence-corrected chi connectivity index (χ4v) is 2.46. The minimum absolute atomic E-state index is 0.0677. The smallest absolute Gasteiger partial charge is 0.255 e. The monoisotopic (exact) mass is 253 g/mol. The van der Waals surface area contributed by atoms with E-state index in [9.17, 15) is 4.79 Å². The number of hydrogen-bond donors (Lipinski definition) is 1. The van der Waals surface area contributed by atoms with Crippen LogP contribution in [0.5, 0.6) is 0 Å². The number of benzene rings is 1. The van der Waals surface area contributed by atoms with E-state index in [1.807, 2.05) is 61.3 Å². The Labute approximate surface area is 112 Å². The van der Waals surface area contributed by atoms with E-state index in [4.69, 9.17) is 0 Å². The summed E-state index contributed by atoms with van der Waals surface area (Å²) < 4.78 is 0. The van der Waals surface area contributed by atoms with Crippen LogP contribution < -0.4 is 10.2 Å². The van der Waals surface area contributed by atoms with E-state index in [2.05, 4.69) is 10.3 Å². The Morgan fingerprint density at radius 3 is 2.63 bits per heavy atom. The van der Waals surface area contributed by atoms with Crippen molar-refractivity contribution in [3.8, 4) is 0 Å². The quantitative estimate of drug-likeness (QED) is 0.847. The van der Waals surface area contributed by atoms with Gasteiger partial charge in [-0.3, -0.25) is 9.78 Å². The molecular formula is C15H15N3O. The Morgan fingerprint density at radius 1 is 1.16 bits per heavy atom. The first-order valence-electron chi connectivity index (χ1n) is 6.20. The Bertz CT molecular complexity index is 626. The van der Waals surface area contributed by atoms with Crippen LogP contribution in [0.1, 0.15) is 23.0 Å². The van der Waals surface area contributed by atoms with Gasteiger partial charge in [-0.05, 0) is 31.2 Å². The van der Waals surface area contributed by atoms with Crippen LogP contribution in [0, 0.1) is 0 Å². The first kappa shape index (κ1) is 11.7. The van der Waals surface area contributed by atoms with Gasteiger partial charge in [0.05, 0.1) is 16.9 Å². The molecule has 1 aliphatic heterocycles. The summed E-state index contributed by atoms with van der Waals surface area (Å²) in [6.45, 7) is 1.96. The van der Waals surface area contributed by atoms with Crippen LogP contribution in [0.3, 0.4) is 0 Å². The van der Waals surface area contributed by atoms with Crippen molar-refractivity contribution in [2.45, 2.75) is 12.6 Å². The molecule has 2 aromatic rings. The van der Waals surface area contributed by atoms with Crippen LogP contribution in [0.25, 0.3) is 0 Å². The number of pyridine rings is 1. The third-order valence-corrected chi connectivity index (χ3v) is 3.70. The number of anilines is 1. The topological polar surface area (TPSA) is 45.2 Å². The molecule has 1 aliphatic rings. The number of aromatic nitrogens is 1. The van der Waals surface area contributed by atoms with Gasteiger partial charge < -0.3 is 10.2 Å². The zero-order chi connectivity index (χ0) is 13.5. The van der Waals surface area contributed by atoms with E-state index in [0.717, 1.165) is 11.4 Å². The maximum absolute atomic E-state index is 12.3. The molecule has 3 rings (SSSR count). The standard InChI is InChI=1S/C15H15N3O/c1-15(13-9-5-6-10-16-13)17-14(19)11-7-3-4-8-12(11)18(15)2/h3-10H,1-2H3,(H,17,19). The first-order valence-corrected chi connectivity index (χ1v) is 6.20. The van der Waals surface area contributed by atoms with E-state index in [-0.39, 0.29) is 5.91 Å². The zero-order valence-electron chi connectivity index (χ0n) is 10.9. The third-order valence-electron chi connectivity index (χ3n) is 3.70. The third kappa shape index (κ3) is 1.68. The summed E-state index contributed by atoms with van der Waals surface area (Å²) in [4.78, 5) is 18.7. The van der Waals surface area contributed by atoms with E-state index in [1.54, 1.807) is 6.20 Å². The highest BCUT2D eigenvalue weighted by Gasteiger charge is 2.40. The summed E-state index contributed by atoms with van der Waals surface area (Å²) in [6, 6.07) is 13.3. The molecule has 1 aromatic carbocycles. The Hall–Kier alpha value is -2.36. The molecule has 1 atom stereocenters. The summed E-state index contributed by atoms with van der Waals surface area (Å²) in [7, 11) is 1.97. The predicted molar refractivity (Wildman–Crippen MR) is 73.9 cm³/mol. The van der Waals surface area contributed by atoms with Crippen LogP contribution in [0.15, 0.2) is 48.7 Å². The summed E-state index contributed by atoms with van der Waals surface area (Å²) >= 11 is 0. The molecule has 0 saturated carbocycles. The molecule has 96 valence electrons. The molecule has 0 aliphatic carbocycles. The first-order chi connectivity index (χ1) is 9.13. The molecule has 0 saturated heterocycles. The SMILES string of the molecule is CN1c2ccccc2C(=O)NC1(C)c1ccccn1. The second kappa shape index (κ2) is 4.09. The number of amides is 1. The molecule has 4 nitrogen and oxygen atoms in total. The van der Waals surface area contributed by atoms with Crippen LogP contribution >= 0.6 is 0 Å². The molecule has 0 radical (unpaired) electrons. The molecule has 19 heavy (non-hydrogen) atoms. The van der Waals surface area contributed by atoms with Crippen molar-refractivity contribution in [1.82, 2.24) is 10.3 Å². The van der Waals surface area contributed by atoms with Crippen molar-refractivity contribution in [3.05, 3.63) is 59.9 Å². The molecule has 1 N–H and O–H groups in total. The minimum atomic E-state index is -0.632. The van der Waals surface area contributed by atoms with Gasteiger partial charge in [-0.25, -0.2) is 0 Å². The lowest BCUT2D eigenvalue weighted by atomic mass is 9.98. The molecule has 0 bridgehead atoms. The Morgan fingerprint density at radius 2 is 1.89 bits per heavy atom. The number of fused-ring (bicyclic) bond motifs is 1. The molecule has 2 heterocycles. The van der Waals surface area contributed by atoms with Crippen molar-refractivity contribution < 1.29 is 4.79 Å². The van der Waals surface area contributed by atoms with Crippen LogP contribution in [-0.4, -0.2) is 17.9 Å². The lowest BCUT2D eigenvalue weighted by Gasteiger charge is -2.44. The predicted octanol–water partition coefficient (Wildman–Crippen LogP) is 2.13.